The minimum Gasteiger partial charge on any atom is -0.487 e. The Bertz CT molecular complexity index is 2090. The number of fused-ring (bicyclic) bond motifs is 2. The summed E-state index contributed by atoms with van der Waals surface area (Å²) in [5, 5.41) is 9.56. The highest BCUT2D eigenvalue weighted by atomic mass is 16.5. The number of rotatable bonds is 10. The van der Waals surface area contributed by atoms with Crippen molar-refractivity contribution in [3.63, 3.8) is 0 Å². The molecule has 0 saturated heterocycles. The Morgan fingerprint density at radius 3 is 1.46 bits per heavy atom. The van der Waals surface area contributed by atoms with E-state index in [0.717, 1.165) is 32.9 Å². The molecule has 2 amide bonds. The fraction of sp³-hybridized carbons (Fsp3) is 0.0513. The number of nitrogens with zero attached hydrogens (tertiary/aromatic N) is 3. The standard InChI is InChI=1S/C39H29N5O4/c45-38(36-12-1-3-20-40-36)43-34-14-5-8-26-16-18-30(22-32(26)34)47-24-28-10-7-11-29(42-28)25-48-31-19-17-27-9-6-15-35(33(27)23-31)44-39(46)37-13-2-4-21-41-37/h1-23H,24-25H2,(H,43,45)(H,44,46). The van der Waals surface area contributed by atoms with Gasteiger partial charge in [-0.3, -0.25) is 24.5 Å². The number of carbonyl (C=O) groups excluding carboxylic acids is 2. The Morgan fingerprint density at radius 1 is 0.521 bits per heavy atom. The van der Waals surface area contributed by atoms with E-state index >= 15 is 0 Å². The summed E-state index contributed by atoms with van der Waals surface area (Å²) in [7, 11) is 0. The van der Waals surface area contributed by atoms with Gasteiger partial charge in [0.25, 0.3) is 11.8 Å². The molecule has 7 rings (SSSR count). The van der Waals surface area contributed by atoms with E-state index < -0.39 is 0 Å². The van der Waals surface area contributed by atoms with Crippen LogP contribution in [0.2, 0.25) is 0 Å². The third-order valence-corrected chi connectivity index (χ3v) is 7.64. The van der Waals surface area contributed by atoms with Gasteiger partial charge in [0, 0.05) is 34.5 Å². The molecule has 4 aromatic carbocycles. The van der Waals surface area contributed by atoms with Gasteiger partial charge < -0.3 is 20.1 Å². The van der Waals surface area contributed by atoms with Gasteiger partial charge in [0.05, 0.1) is 11.4 Å². The molecule has 48 heavy (non-hydrogen) atoms. The summed E-state index contributed by atoms with van der Waals surface area (Å²) >= 11 is 0. The first-order chi connectivity index (χ1) is 23.6. The first-order valence-corrected chi connectivity index (χ1v) is 15.3. The summed E-state index contributed by atoms with van der Waals surface area (Å²) in [5.41, 5.74) is 3.50. The average Bonchev–Trinajstić information content (AvgIpc) is 3.14. The minimum atomic E-state index is -0.283. The van der Waals surface area contributed by atoms with Crippen molar-refractivity contribution in [2.24, 2.45) is 0 Å². The topological polar surface area (TPSA) is 115 Å². The number of hydrogen-bond acceptors (Lipinski definition) is 7. The van der Waals surface area contributed by atoms with Crippen LogP contribution in [0, 0.1) is 0 Å². The summed E-state index contributed by atoms with van der Waals surface area (Å²) < 4.78 is 12.2. The third kappa shape index (κ3) is 6.95. The lowest BCUT2D eigenvalue weighted by Gasteiger charge is -2.12. The highest BCUT2D eigenvalue weighted by Gasteiger charge is 2.12. The number of nitrogens with one attached hydrogen (secondary N) is 2. The van der Waals surface area contributed by atoms with Gasteiger partial charge in [-0.05, 0) is 83.6 Å². The van der Waals surface area contributed by atoms with Crippen LogP contribution < -0.4 is 20.1 Å². The van der Waals surface area contributed by atoms with E-state index in [4.69, 9.17) is 14.5 Å². The fourth-order valence-corrected chi connectivity index (χ4v) is 5.27. The number of ether oxygens (including phenoxy) is 2. The van der Waals surface area contributed by atoms with Gasteiger partial charge in [-0.15, -0.1) is 0 Å². The maximum atomic E-state index is 12.7. The van der Waals surface area contributed by atoms with Crippen molar-refractivity contribution in [2.45, 2.75) is 13.2 Å². The van der Waals surface area contributed by atoms with Crippen LogP contribution in [-0.2, 0) is 13.2 Å². The molecule has 7 aromatic rings. The van der Waals surface area contributed by atoms with Crippen molar-refractivity contribution in [2.75, 3.05) is 10.6 Å². The maximum Gasteiger partial charge on any atom is 0.274 e. The smallest absolute Gasteiger partial charge is 0.274 e. The monoisotopic (exact) mass is 631 g/mol. The number of aromatic nitrogens is 3. The van der Waals surface area contributed by atoms with E-state index in [1.165, 1.54) is 0 Å². The van der Waals surface area contributed by atoms with Crippen LogP contribution in [0.25, 0.3) is 21.5 Å². The SMILES string of the molecule is O=C(Nc1cccc2ccc(OCc3cccc(COc4ccc5cccc(NC(=O)c6ccccn6)c5c4)n3)cc12)c1ccccn1. The molecule has 3 aromatic heterocycles. The zero-order chi connectivity index (χ0) is 32.7. The lowest BCUT2D eigenvalue weighted by atomic mass is 10.1. The Morgan fingerprint density at radius 2 is 1.00 bits per heavy atom. The number of pyridine rings is 3. The molecule has 0 saturated carbocycles. The Balaban J connectivity index is 1.01. The van der Waals surface area contributed by atoms with E-state index in [1.807, 2.05) is 91.0 Å². The number of anilines is 2. The second-order valence-electron chi connectivity index (χ2n) is 10.9. The molecule has 0 aliphatic carbocycles. The maximum absolute atomic E-state index is 12.7. The van der Waals surface area contributed by atoms with Crippen molar-refractivity contribution >= 4 is 44.7 Å². The molecule has 234 valence electrons. The zero-order valence-corrected chi connectivity index (χ0v) is 25.7. The second kappa shape index (κ2) is 13.8. The molecule has 9 nitrogen and oxygen atoms in total. The molecule has 0 bridgehead atoms. The van der Waals surface area contributed by atoms with Crippen LogP contribution in [0.1, 0.15) is 32.4 Å². The average molecular weight is 632 g/mol. The minimum absolute atomic E-state index is 0.247. The molecule has 0 aliphatic heterocycles. The van der Waals surface area contributed by atoms with E-state index in [-0.39, 0.29) is 25.0 Å². The number of benzene rings is 4. The molecule has 2 N–H and O–H groups in total. The largest absolute Gasteiger partial charge is 0.487 e. The van der Waals surface area contributed by atoms with Gasteiger partial charge >= 0.3 is 0 Å². The van der Waals surface area contributed by atoms with E-state index in [2.05, 4.69) is 20.6 Å². The summed E-state index contributed by atoms with van der Waals surface area (Å²) in [5.74, 6) is 0.725. The van der Waals surface area contributed by atoms with E-state index in [9.17, 15) is 9.59 Å². The van der Waals surface area contributed by atoms with Gasteiger partial charge in [-0.2, -0.15) is 0 Å². The molecule has 0 fully saturated rings. The van der Waals surface area contributed by atoms with Crippen molar-refractivity contribution in [1.82, 2.24) is 15.0 Å². The van der Waals surface area contributed by atoms with E-state index in [1.54, 1.807) is 48.8 Å². The van der Waals surface area contributed by atoms with Crippen LogP contribution >= 0.6 is 0 Å². The van der Waals surface area contributed by atoms with Gasteiger partial charge in [0.2, 0.25) is 0 Å². The third-order valence-electron chi connectivity index (χ3n) is 7.64. The quantitative estimate of drug-likeness (QED) is 0.158. The van der Waals surface area contributed by atoms with Gasteiger partial charge in [0.1, 0.15) is 36.1 Å². The molecule has 0 radical (unpaired) electrons. The number of amides is 2. The molecular weight excluding hydrogens is 602 g/mol. The van der Waals surface area contributed by atoms with Crippen molar-refractivity contribution in [3.8, 4) is 11.5 Å². The van der Waals surface area contributed by atoms with Gasteiger partial charge in [0.15, 0.2) is 0 Å². The van der Waals surface area contributed by atoms with Gasteiger partial charge in [-0.25, -0.2) is 0 Å². The van der Waals surface area contributed by atoms with Crippen LogP contribution in [-0.4, -0.2) is 26.8 Å². The summed E-state index contributed by atoms with van der Waals surface area (Å²) in [6, 6.07) is 39.1. The van der Waals surface area contributed by atoms with Gasteiger partial charge in [-0.1, -0.05) is 54.6 Å². The Kier molecular flexibility index (Phi) is 8.64. The molecular formula is C39H29N5O4. The molecule has 0 spiro atoms. The molecule has 0 atom stereocenters. The molecule has 3 heterocycles. The predicted molar refractivity (Wildman–Crippen MR) is 185 cm³/mol. The first kappa shape index (κ1) is 30.1. The van der Waals surface area contributed by atoms with Crippen LogP contribution in [0.3, 0.4) is 0 Å². The molecule has 9 heteroatoms. The normalized spacial score (nSPS) is 10.8. The van der Waals surface area contributed by atoms with Crippen molar-refractivity contribution < 1.29 is 19.1 Å². The molecule has 0 unspecified atom stereocenters. The predicted octanol–water partition coefficient (Wildman–Crippen LogP) is 7.84. The zero-order valence-electron chi connectivity index (χ0n) is 25.7. The Labute approximate surface area is 276 Å². The summed E-state index contributed by atoms with van der Waals surface area (Å²) in [4.78, 5) is 38.5. The van der Waals surface area contributed by atoms with Crippen LogP contribution in [0.5, 0.6) is 11.5 Å². The highest BCUT2D eigenvalue weighted by Crippen LogP contribution is 2.30. The molecule has 0 aliphatic rings. The lowest BCUT2D eigenvalue weighted by Crippen LogP contribution is -2.13. The second-order valence-corrected chi connectivity index (χ2v) is 10.9. The highest BCUT2D eigenvalue weighted by molar-refractivity contribution is 6.09. The number of hydrogen-bond donors (Lipinski definition) is 2. The summed E-state index contributed by atoms with van der Waals surface area (Å²) in [6.07, 6.45) is 3.18. The first-order valence-electron chi connectivity index (χ1n) is 15.3. The Hall–Kier alpha value is -6.61. The van der Waals surface area contributed by atoms with Crippen molar-refractivity contribution in [3.05, 3.63) is 163 Å². The number of carbonyl (C=O) groups is 2. The van der Waals surface area contributed by atoms with E-state index in [0.29, 0.717) is 34.3 Å². The van der Waals surface area contributed by atoms with Crippen molar-refractivity contribution in [1.29, 1.82) is 0 Å². The van der Waals surface area contributed by atoms with Crippen LogP contribution in [0.15, 0.2) is 140 Å². The van der Waals surface area contributed by atoms with Crippen LogP contribution in [0.4, 0.5) is 11.4 Å². The lowest BCUT2D eigenvalue weighted by molar-refractivity contribution is 0.101. The fourth-order valence-electron chi connectivity index (χ4n) is 5.27. The summed E-state index contributed by atoms with van der Waals surface area (Å²) in [6.45, 7) is 0.494.